The lowest BCUT2D eigenvalue weighted by molar-refractivity contribution is -0.123. The summed E-state index contributed by atoms with van der Waals surface area (Å²) in [5.74, 6) is 0.394. The number of aryl methyl sites for hydroxylation is 3. The lowest BCUT2D eigenvalue weighted by atomic mass is 10.1. The van der Waals surface area contributed by atoms with E-state index in [0.717, 1.165) is 22.4 Å². The fourth-order valence-corrected chi connectivity index (χ4v) is 3.00. The average molecular weight is 357 g/mol. The molecule has 0 saturated heterocycles. The van der Waals surface area contributed by atoms with Crippen LogP contribution in [0.4, 0.5) is 5.69 Å². The fraction of sp³-hybridized carbons (Fsp3) is 0.400. The highest BCUT2D eigenvalue weighted by Crippen LogP contribution is 2.21. The second-order valence-corrected chi connectivity index (χ2v) is 6.80. The number of likely N-dealkylation sites (N-methyl/N-ethyl adjacent to an activating group) is 1. The summed E-state index contributed by atoms with van der Waals surface area (Å²) < 4.78 is 5.27. The van der Waals surface area contributed by atoms with E-state index in [1.807, 2.05) is 45.9 Å². The quantitative estimate of drug-likeness (QED) is 0.799. The molecule has 0 radical (unpaired) electrons. The van der Waals surface area contributed by atoms with Crippen LogP contribution in [0.2, 0.25) is 0 Å². The zero-order valence-corrected chi connectivity index (χ0v) is 16.1. The SMILES string of the molecule is Cc1cc(C)c(NC(=O)CN(C)CC(=O)NC(C)c2ccco2)c(C)c1. The summed E-state index contributed by atoms with van der Waals surface area (Å²) in [5, 5.41) is 5.80. The number of hydrogen-bond donors (Lipinski definition) is 2. The molecule has 2 rings (SSSR count). The summed E-state index contributed by atoms with van der Waals surface area (Å²) >= 11 is 0. The van der Waals surface area contributed by atoms with Gasteiger partial charge in [0.25, 0.3) is 0 Å². The Morgan fingerprint density at radius 2 is 1.73 bits per heavy atom. The van der Waals surface area contributed by atoms with Crippen molar-refractivity contribution in [1.82, 2.24) is 10.2 Å². The van der Waals surface area contributed by atoms with Crippen molar-refractivity contribution in [1.29, 1.82) is 0 Å². The molecule has 0 aliphatic heterocycles. The van der Waals surface area contributed by atoms with Crippen molar-refractivity contribution in [3.05, 3.63) is 53.0 Å². The van der Waals surface area contributed by atoms with Crippen LogP contribution < -0.4 is 10.6 Å². The lowest BCUT2D eigenvalue weighted by Gasteiger charge is -2.19. The third-order valence-electron chi connectivity index (χ3n) is 4.12. The number of carbonyl (C=O) groups is 2. The molecule has 26 heavy (non-hydrogen) atoms. The summed E-state index contributed by atoms with van der Waals surface area (Å²) in [5.41, 5.74) is 4.06. The monoisotopic (exact) mass is 357 g/mol. The van der Waals surface area contributed by atoms with Crippen LogP contribution in [0.3, 0.4) is 0 Å². The number of rotatable bonds is 7. The molecule has 0 bridgehead atoms. The zero-order valence-electron chi connectivity index (χ0n) is 16.1. The van der Waals surface area contributed by atoms with Gasteiger partial charge in [0.15, 0.2) is 0 Å². The number of furan rings is 1. The normalized spacial score (nSPS) is 12.1. The fourth-order valence-electron chi connectivity index (χ4n) is 3.00. The van der Waals surface area contributed by atoms with Gasteiger partial charge in [-0.1, -0.05) is 17.7 Å². The van der Waals surface area contributed by atoms with Crippen LogP contribution in [-0.4, -0.2) is 36.9 Å². The van der Waals surface area contributed by atoms with Crippen LogP contribution in [0.1, 0.15) is 35.4 Å². The molecule has 1 aromatic heterocycles. The van der Waals surface area contributed by atoms with Crippen molar-refractivity contribution in [2.75, 3.05) is 25.5 Å². The van der Waals surface area contributed by atoms with Gasteiger partial charge in [-0.15, -0.1) is 0 Å². The second kappa shape index (κ2) is 8.67. The lowest BCUT2D eigenvalue weighted by Crippen LogP contribution is -2.39. The maximum atomic E-state index is 12.3. The number of anilines is 1. The molecule has 0 aliphatic carbocycles. The Morgan fingerprint density at radius 1 is 1.12 bits per heavy atom. The molecule has 1 unspecified atom stereocenters. The third-order valence-corrected chi connectivity index (χ3v) is 4.12. The van der Waals surface area contributed by atoms with Crippen molar-refractivity contribution in [3.8, 4) is 0 Å². The van der Waals surface area contributed by atoms with Gasteiger partial charge in [-0.3, -0.25) is 14.5 Å². The molecule has 2 N–H and O–H groups in total. The van der Waals surface area contributed by atoms with E-state index in [0.29, 0.717) is 5.76 Å². The van der Waals surface area contributed by atoms with E-state index in [2.05, 4.69) is 10.6 Å². The summed E-state index contributed by atoms with van der Waals surface area (Å²) in [6, 6.07) is 7.46. The molecule has 0 spiro atoms. The predicted octanol–water partition coefficient (Wildman–Crippen LogP) is 2.95. The molecular weight excluding hydrogens is 330 g/mol. The van der Waals surface area contributed by atoms with Gasteiger partial charge in [-0.05, 0) is 58.0 Å². The van der Waals surface area contributed by atoms with Gasteiger partial charge in [0.05, 0.1) is 25.4 Å². The van der Waals surface area contributed by atoms with Crippen molar-refractivity contribution in [3.63, 3.8) is 0 Å². The number of nitrogens with one attached hydrogen (secondary N) is 2. The van der Waals surface area contributed by atoms with E-state index in [9.17, 15) is 9.59 Å². The molecule has 6 heteroatoms. The number of carbonyl (C=O) groups excluding carboxylic acids is 2. The largest absolute Gasteiger partial charge is 0.467 e. The molecular formula is C20H27N3O3. The van der Waals surface area contributed by atoms with Gasteiger partial charge in [0.1, 0.15) is 5.76 Å². The Morgan fingerprint density at radius 3 is 2.31 bits per heavy atom. The van der Waals surface area contributed by atoms with E-state index >= 15 is 0 Å². The summed E-state index contributed by atoms with van der Waals surface area (Å²) in [7, 11) is 1.74. The maximum absolute atomic E-state index is 12.3. The van der Waals surface area contributed by atoms with E-state index in [1.54, 1.807) is 24.3 Å². The van der Waals surface area contributed by atoms with Crippen molar-refractivity contribution < 1.29 is 14.0 Å². The number of hydrogen-bond acceptors (Lipinski definition) is 4. The number of nitrogens with zero attached hydrogens (tertiary/aromatic N) is 1. The molecule has 1 heterocycles. The predicted molar refractivity (Wildman–Crippen MR) is 102 cm³/mol. The van der Waals surface area contributed by atoms with Gasteiger partial charge in [0, 0.05) is 5.69 Å². The maximum Gasteiger partial charge on any atom is 0.238 e. The molecule has 2 aromatic rings. The molecule has 1 aromatic carbocycles. The molecule has 0 fully saturated rings. The number of benzene rings is 1. The summed E-state index contributed by atoms with van der Waals surface area (Å²) in [4.78, 5) is 26.1. The van der Waals surface area contributed by atoms with Gasteiger partial charge in [-0.25, -0.2) is 0 Å². The van der Waals surface area contributed by atoms with Crippen LogP contribution in [0.5, 0.6) is 0 Å². The third kappa shape index (κ3) is 5.46. The molecule has 2 amide bonds. The van der Waals surface area contributed by atoms with Gasteiger partial charge in [-0.2, -0.15) is 0 Å². The Bertz CT molecular complexity index is 746. The molecule has 6 nitrogen and oxygen atoms in total. The Kier molecular flexibility index (Phi) is 6.58. The van der Waals surface area contributed by atoms with E-state index in [4.69, 9.17) is 4.42 Å². The highest BCUT2D eigenvalue weighted by molar-refractivity contribution is 5.94. The minimum absolute atomic E-state index is 0.129. The van der Waals surface area contributed by atoms with Crippen molar-refractivity contribution >= 4 is 17.5 Å². The zero-order chi connectivity index (χ0) is 19.3. The first kappa shape index (κ1) is 19.7. The molecule has 0 saturated carbocycles. The molecule has 0 aliphatic rings. The second-order valence-electron chi connectivity index (χ2n) is 6.80. The summed E-state index contributed by atoms with van der Waals surface area (Å²) in [6.45, 7) is 8.10. The van der Waals surface area contributed by atoms with E-state index in [-0.39, 0.29) is 30.9 Å². The smallest absolute Gasteiger partial charge is 0.238 e. The first-order valence-electron chi connectivity index (χ1n) is 8.65. The highest BCUT2D eigenvalue weighted by Gasteiger charge is 2.16. The van der Waals surface area contributed by atoms with E-state index < -0.39 is 0 Å². The van der Waals surface area contributed by atoms with Crippen LogP contribution in [0, 0.1) is 20.8 Å². The summed E-state index contributed by atoms with van der Waals surface area (Å²) in [6.07, 6.45) is 1.57. The van der Waals surface area contributed by atoms with Crippen LogP contribution >= 0.6 is 0 Å². The van der Waals surface area contributed by atoms with Gasteiger partial charge >= 0.3 is 0 Å². The minimum atomic E-state index is -0.211. The first-order valence-corrected chi connectivity index (χ1v) is 8.65. The minimum Gasteiger partial charge on any atom is -0.467 e. The number of amides is 2. The van der Waals surface area contributed by atoms with E-state index in [1.165, 1.54) is 0 Å². The highest BCUT2D eigenvalue weighted by atomic mass is 16.3. The van der Waals surface area contributed by atoms with Gasteiger partial charge in [0.2, 0.25) is 11.8 Å². The Hall–Kier alpha value is -2.60. The standard InChI is InChI=1S/C20H27N3O3/c1-13-9-14(2)20(15(3)10-13)22-19(25)12-23(5)11-18(24)21-16(4)17-7-6-8-26-17/h6-10,16H,11-12H2,1-5H3,(H,21,24)(H,22,25). The topological polar surface area (TPSA) is 74.6 Å². The Labute approximate surface area is 154 Å². The Balaban J connectivity index is 1.84. The van der Waals surface area contributed by atoms with Gasteiger partial charge < -0.3 is 15.1 Å². The van der Waals surface area contributed by atoms with Crippen LogP contribution in [0.25, 0.3) is 0 Å². The van der Waals surface area contributed by atoms with Crippen LogP contribution in [-0.2, 0) is 9.59 Å². The van der Waals surface area contributed by atoms with Crippen LogP contribution in [0.15, 0.2) is 34.9 Å². The molecule has 140 valence electrons. The average Bonchev–Trinajstić information content (AvgIpc) is 3.04. The van der Waals surface area contributed by atoms with Crippen molar-refractivity contribution in [2.24, 2.45) is 0 Å². The first-order chi connectivity index (χ1) is 12.3. The molecule has 1 atom stereocenters. The van der Waals surface area contributed by atoms with Crippen molar-refractivity contribution in [2.45, 2.75) is 33.7 Å².